The second-order valence-electron chi connectivity index (χ2n) is 17.5. The van der Waals surface area contributed by atoms with Crippen molar-refractivity contribution in [1.82, 2.24) is 20.0 Å². The van der Waals surface area contributed by atoms with Crippen LogP contribution >= 0.6 is 0 Å². The number of ether oxygens (including phenoxy) is 1. The lowest BCUT2D eigenvalue weighted by Crippen LogP contribution is -2.53. The third-order valence-electron chi connectivity index (χ3n) is 14.6. The number of nitrogens with one attached hydrogen (secondary N) is 1. The maximum atomic E-state index is 15.0. The number of aromatic nitrogens is 2. The van der Waals surface area contributed by atoms with Crippen molar-refractivity contribution in [1.29, 1.82) is 0 Å². The number of H-pyrrole nitrogens is 1. The van der Waals surface area contributed by atoms with E-state index in [1.54, 1.807) is 29.2 Å². The van der Waals surface area contributed by atoms with E-state index in [9.17, 15) is 23.6 Å². The second kappa shape index (κ2) is 19.5. The van der Waals surface area contributed by atoms with Gasteiger partial charge < -0.3 is 14.5 Å². The lowest BCUT2D eigenvalue weighted by atomic mass is 9.46. The van der Waals surface area contributed by atoms with Crippen molar-refractivity contribution < 1.29 is 23.5 Å². The molecule has 10 heteroatoms. The molecule has 3 saturated carbocycles. The SMILES string of the molecule is C.C.CC.CC12C=CC(=O)CC1CCC1C2CCC2(C)C(OCCCCCC(=O)N3CCN(C(=O)c4cc(Cc5n[nH]c(=O)c6ccccc56)ccc4F)CC3)CCC12. The van der Waals surface area contributed by atoms with Crippen molar-refractivity contribution in [3.8, 4) is 0 Å². The predicted octanol–water partition coefficient (Wildman–Crippen LogP) is 9.57. The van der Waals surface area contributed by atoms with Gasteiger partial charge in [-0.2, -0.15) is 5.10 Å². The number of benzene rings is 2. The molecule has 0 bridgehead atoms. The Morgan fingerprint density at radius 2 is 1.61 bits per heavy atom. The fraction of sp³-hybridized carbons (Fsp3) is 0.612. The summed E-state index contributed by atoms with van der Waals surface area (Å²) >= 11 is 0. The van der Waals surface area contributed by atoms with Gasteiger partial charge in [-0.1, -0.05) is 79.3 Å². The van der Waals surface area contributed by atoms with Crippen molar-refractivity contribution in [3.05, 3.63) is 87.6 Å². The van der Waals surface area contributed by atoms with Crippen LogP contribution in [0.4, 0.5) is 4.39 Å². The molecular formula is C49H69FN4O5. The zero-order valence-corrected chi connectivity index (χ0v) is 34.4. The number of rotatable bonds is 10. The summed E-state index contributed by atoms with van der Waals surface area (Å²) in [6, 6.07) is 11.7. The number of allylic oxidation sites excluding steroid dienone is 2. The van der Waals surface area contributed by atoms with Crippen molar-refractivity contribution in [2.24, 2.45) is 34.5 Å². The number of hydrogen-bond acceptors (Lipinski definition) is 6. The molecule has 0 radical (unpaired) electrons. The van der Waals surface area contributed by atoms with Gasteiger partial charge in [0.2, 0.25) is 5.91 Å². The lowest BCUT2D eigenvalue weighted by molar-refractivity contribution is -0.133. The number of fused-ring (bicyclic) bond motifs is 6. The molecule has 0 spiro atoms. The van der Waals surface area contributed by atoms with E-state index in [1.807, 2.05) is 37.0 Å². The van der Waals surface area contributed by atoms with E-state index in [2.05, 4.69) is 30.1 Å². The van der Waals surface area contributed by atoms with E-state index >= 15 is 0 Å². The Kier molecular flexibility index (Phi) is 15.1. The van der Waals surface area contributed by atoms with Gasteiger partial charge >= 0.3 is 0 Å². The average molecular weight is 813 g/mol. The number of halogens is 1. The van der Waals surface area contributed by atoms with E-state index in [1.165, 1.54) is 38.2 Å². The third kappa shape index (κ3) is 9.13. The van der Waals surface area contributed by atoms with Crippen LogP contribution in [0, 0.1) is 40.3 Å². The Balaban J connectivity index is 0.00000163. The molecule has 8 rings (SSSR count). The molecule has 9 nitrogen and oxygen atoms in total. The molecule has 322 valence electrons. The molecule has 5 aliphatic rings. The number of carbonyl (C=O) groups excluding carboxylic acids is 3. The summed E-state index contributed by atoms with van der Waals surface area (Å²) in [7, 11) is 0. The molecule has 2 aromatic carbocycles. The third-order valence-corrected chi connectivity index (χ3v) is 14.6. The van der Waals surface area contributed by atoms with Crippen molar-refractivity contribution in [3.63, 3.8) is 0 Å². The highest BCUT2D eigenvalue weighted by Gasteiger charge is 2.59. The number of unbranched alkanes of at least 4 members (excludes halogenated alkanes) is 2. The number of carbonyl (C=O) groups is 3. The topological polar surface area (TPSA) is 113 Å². The van der Waals surface area contributed by atoms with Gasteiger partial charge in [0, 0.05) is 57.4 Å². The summed E-state index contributed by atoms with van der Waals surface area (Å²) < 4.78 is 21.6. The van der Waals surface area contributed by atoms with Crippen LogP contribution in [0.1, 0.15) is 135 Å². The summed E-state index contributed by atoms with van der Waals surface area (Å²) in [4.78, 5) is 54.4. The van der Waals surface area contributed by atoms with Crippen molar-refractivity contribution in [2.45, 2.75) is 126 Å². The smallest absolute Gasteiger partial charge is 0.272 e. The zero-order valence-electron chi connectivity index (χ0n) is 34.4. The predicted molar refractivity (Wildman–Crippen MR) is 234 cm³/mol. The molecule has 4 fully saturated rings. The van der Waals surface area contributed by atoms with Crippen LogP contribution in [0.2, 0.25) is 0 Å². The van der Waals surface area contributed by atoms with E-state index in [-0.39, 0.29) is 48.6 Å². The molecule has 2 amide bonds. The van der Waals surface area contributed by atoms with Crippen LogP contribution in [-0.2, 0) is 20.7 Å². The molecule has 59 heavy (non-hydrogen) atoms. The molecule has 7 atom stereocenters. The maximum Gasteiger partial charge on any atom is 0.272 e. The highest BCUT2D eigenvalue weighted by molar-refractivity contribution is 5.95. The number of ketones is 1. The Morgan fingerprint density at radius 3 is 2.37 bits per heavy atom. The molecule has 1 aliphatic heterocycles. The van der Waals surface area contributed by atoms with Crippen LogP contribution in [-0.4, -0.2) is 76.5 Å². The van der Waals surface area contributed by atoms with Gasteiger partial charge in [0.15, 0.2) is 5.78 Å². The van der Waals surface area contributed by atoms with Gasteiger partial charge in [-0.05, 0) is 116 Å². The van der Waals surface area contributed by atoms with E-state index in [0.29, 0.717) is 85.3 Å². The fourth-order valence-corrected chi connectivity index (χ4v) is 11.5. The summed E-state index contributed by atoms with van der Waals surface area (Å²) in [5.41, 5.74) is 1.47. The largest absolute Gasteiger partial charge is 0.378 e. The van der Waals surface area contributed by atoms with Gasteiger partial charge in [0.05, 0.1) is 22.7 Å². The van der Waals surface area contributed by atoms with Crippen LogP contribution in [0.3, 0.4) is 0 Å². The molecule has 2 heterocycles. The normalized spacial score (nSPS) is 28.3. The van der Waals surface area contributed by atoms with Gasteiger partial charge in [0.1, 0.15) is 5.82 Å². The Labute approximate surface area is 351 Å². The Bertz CT molecular complexity index is 2040. The minimum Gasteiger partial charge on any atom is -0.378 e. The number of amides is 2. The number of hydrogen-bond donors (Lipinski definition) is 1. The second-order valence-corrected chi connectivity index (χ2v) is 17.5. The minimum atomic E-state index is -0.585. The lowest BCUT2D eigenvalue weighted by Gasteiger charge is -2.58. The molecule has 4 aliphatic carbocycles. The van der Waals surface area contributed by atoms with E-state index < -0.39 is 5.82 Å². The first-order valence-corrected chi connectivity index (χ1v) is 21.7. The first-order valence-electron chi connectivity index (χ1n) is 21.7. The summed E-state index contributed by atoms with van der Waals surface area (Å²) in [6.07, 6.45) is 15.9. The van der Waals surface area contributed by atoms with E-state index in [0.717, 1.165) is 50.0 Å². The Hall–Kier alpha value is -4.18. The van der Waals surface area contributed by atoms with Gasteiger partial charge in [-0.15, -0.1) is 0 Å². The van der Waals surface area contributed by atoms with Crippen LogP contribution in [0.15, 0.2) is 59.4 Å². The van der Waals surface area contributed by atoms with Crippen LogP contribution < -0.4 is 5.56 Å². The first-order chi connectivity index (χ1) is 27.5. The summed E-state index contributed by atoms with van der Waals surface area (Å²) in [5.74, 6) is 2.04. The van der Waals surface area contributed by atoms with Gasteiger partial charge in [-0.3, -0.25) is 19.2 Å². The standard InChI is InChI=1S/C45H55FN4O5.C2H6.2CH4/c1-44-19-17-31(51)28-30(44)12-13-34-36-14-16-40(45(36,2)20-18-37(34)44)55-25-7-3-4-10-41(52)49-21-23-50(24-22-49)43(54)35-26-29(11-15-38(35)46)27-39-32-8-5-6-9-33(32)42(53)48-47-39;1-2;;/h5-6,8-9,11,15,17,19,26,30,34,36-37,40H,3-4,7,10,12-14,16,18,20-25,27-28H2,1-2H3,(H,48,53);1-2H3;2*1H4. The summed E-state index contributed by atoms with van der Waals surface area (Å²) in [5, 5.41) is 8.01. The van der Waals surface area contributed by atoms with Crippen molar-refractivity contribution in [2.75, 3.05) is 32.8 Å². The number of nitrogens with zero attached hydrogens (tertiary/aromatic N) is 3. The average Bonchev–Trinajstić information content (AvgIpc) is 3.57. The molecule has 7 unspecified atom stereocenters. The molecular weight excluding hydrogens is 744 g/mol. The quantitative estimate of drug-likeness (QED) is 0.204. The van der Waals surface area contributed by atoms with Gasteiger partial charge in [0.25, 0.3) is 11.5 Å². The first kappa shape index (κ1) is 45.9. The van der Waals surface area contributed by atoms with E-state index in [4.69, 9.17) is 4.74 Å². The van der Waals surface area contributed by atoms with Crippen LogP contribution in [0.5, 0.6) is 0 Å². The fourth-order valence-electron chi connectivity index (χ4n) is 11.5. The molecule has 1 saturated heterocycles. The minimum absolute atomic E-state index is 0. The number of aromatic amines is 1. The maximum absolute atomic E-state index is 15.0. The highest BCUT2D eigenvalue weighted by atomic mass is 19.1. The molecule has 3 aromatic rings. The van der Waals surface area contributed by atoms with Crippen LogP contribution in [0.25, 0.3) is 10.8 Å². The molecule has 1 N–H and O–H groups in total. The van der Waals surface area contributed by atoms with Gasteiger partial charge in [-0.25, -0.2) is 9.49 Å². The van der Waals surface area contributed by atoms with Crippen molar-refractivity contribution >= 4 is 28.4 Å². The molecule has 1 aromatic heterocycles. The Morgan fingerprint density at radius 1 is 0.881 bits per heavy atom. The highest BCUT2D eigenvalue weighted by Crippen LogP contribution is 2.65. The number of piperazine rings is 1. The monoisotopic (exact) mass is 813 g/mol. The zero-order chi connectivity index (χ0) is 40.3. The summed E-state index contributed by atoms with van der Waals surface area (Å²) in [6.45, 7) is 11.2.